The number of aliphatic hydroxyl groups excluding tert-OH is 1. The fraction of sp³-hybridized carbons (Fsp3) is 0.750. The minimum absolute atomic E-state index is 0.0567. The predicted molar refractivity (Wildman–Crippen MR) is 188 cm³/mol. The summed E-state index contributed by atoms with van der Waals surface area (Å²) in [6, 6.07) is -2.48. The van der Waals surface area contributed by atoms with Crippen LogP contribution in [0.15, 0.2) is 18.6 Å². The van der Waals surface area contributed by atoms with E-state index in [0.29, 0.717) is 32.2 Å². The molecule has 3 fully saturated rings. The van der Waals surface area contributed by atoms with Gasteiger partial charge in [0.1, 0.15) is 17.8 Å². The Labute approximate surface area is 292 Å². The van der Waals surface area contributed by atoms with Crippen molar-refractivity contribution in [3.8, 4) is 0 Å². The zero-order valence-electron chi connectivity index (χ0n) is 30.6. The molecule has 4 unspecified atom stereocenters. The van der Waals surface area contributed by atoms with Crippen molar-refractivity contribution in [3.05, 3.63) is 24.3 Å². The van der Waals surface area contributed by atoms with E-state index >= 15 is 0 Å². The van der Waals surface area contributed by atoms with Crippen LogP contribution in [0, 0.1) is 5.41 Å². The number of carbonyl (C=O) groups is 5. The third-order valence-electron chi connectivity index (χ3n) is 8.46. The summed E-state index contributed by atoms with van der Waals surface area (Å²) in [5.41, 5.74) is -0.645. The summed E-state index contributed by atoms with van der Waals surface area (Å²) in [5.74, 6) is -2.52. The number of nitrogens with one attached hydrogen (secondary N) is 4. The molecule has 3 aliphatic rings. The van der Waals surface area contributed by atoms with E-state index in [1.54, 1.807) is 20.8 Å². The molecule has 5 amide bonds. The highest BCUT2D eigenvalue weighted by Crippen LogP contribution is 2.26. The SMILES string of the molecule is C1CCCCC1.CCC.CCCC(NC(=O)C1CCCN1C(=O)C(NC(=O)CNC(=O)c1cnccn1)C(C)(C)C)C(O)C(=O)NC1CC1. The first-order valence-electron chi connectivity index (χ1n) is 18.3. The molecule has 276 valence electrons. The van der Waals surface area contributed by atoms with Crippen LogP contribution >= 0.6 is 0 Å². The molecular weight excluding hydrogens is 626 g/mol. The van der Waals surface area contributed by atoms with Crippen molar-refractivity contribution >= 4 is 29.5 Å². The number of hydrogen-bond acceptors (Lipinski definition) is 8. The Hall–Kier alpha value is -3.61. The molecule has 1 aliphatic heterocycles. The van der Waals surface area contributed by atoms with Crippen molar-refractivity contribution in [2.45, 2.75) is 155 Å². The number of aromatic nitrogens is 2. The number of amides is 5. The third-order valence-corrected chi connectivity index (χ3v) is 8.46. The van der Waals surface area contributed by atoms with E-state index in [9.17, 15) is 29.1 Å². The van der Waals surface area contributed by atoms with Crippen molar-refractivity contribution in [1.29, 1.82) is 0 Å². The monoisotopic (exact) mass is 687 g/mol. The average molecular weight is 688 g/mol. The van der Waals surface area contributed by atoms with Crippen LogP contribution in [0.3, 0.4) is 0 Å². The highest BCUT2D eigenvalue weighted by molar-refractivity contribution is 5.96. The molecule has 0 radical (unpaired) electrons. The summed E-state index contributed by atoms with van der Waals surface area (Å²) in [7, 11) is 0. The minimum atomic E-state index is -1.39. The van der Waals surface area contributed by atoms with Gasteiger partial charge in [-0.25, -0.2) is 4.98 Å². The molecule has 1 aromatic rings. The van der Waals surface area contributed by atoms with E-state index in [1.165, 1.54) is 68.4 Å². The Bertz CT molecular complexity index is 1170. The fourth-order valence-corrected chi connectivity index (χ4v) is 5.65. The van der Waals surface area contributed by atoms with Gasteiger partial charge in [-0.15, -0.1) is 0 Å². The Kier molecular flexibility index (Phi) is 18.2. The van der Waals surface area contributed by atoms with Gasteiger partial charge in [0.2, 0.25) is 17.7 Å². The van der Waals surface area contributed by atoms with Crippen molar-refractivity contribution in [1.82, 2.24) is 36.1 Å². The minimum Gasteiger partial charge on any atom is -0.381 e. The zero-order valence-corrected chi connectivity index (χ0v) is 30.6. The largest absolute Gasteiger partial charge is 0.381 e. The van der Waals surface area contributed by atoms with Gasteiger partial charge >= 0.3 is 0 Å². The van der Waals surface area contributed by atoms with Crippen molar-refractivity contribution in [2.24, 2.45) is 5.41 Å². The van der Waals surface area contributed by atoms with Gasteiger partial charge in [-0.1, -0.05) is 92.9 Å². The molecule has 0 aromatic carbocycles. The van der Waals surface area contributed by atoms with Gasteiger partial charge in [0.15, 0.2) is 6.10 Å². The third kappa shape index (κ3) is 14.8. The van der Waals surface area contributed by atoms with Crippen LogP contribution in [0.1, 0.15) is 136 Å². The predicted octanol–water partition coefficient (Wildman–Crippen LogP) is 3.41. The summed E-state index contributed by atoms with van der Waals surface area (Å²) in [5, 5.41) is 21.3. The second-order valence-electron chi connectivity index (χ2n) is 14.3. The van der Waals surface area contributed by atoms with Crippen LogP contribution in [0.2, 0.25) is 0 Å². The van der Waals surface area contributed by atoms with E-state index < -0.39 is 59.2 Å². The molecule has 13 heteroatoms. The maximum absolute atomic E-state index is 13.7. The van der Waals surface area contributed by atoms with Gasteiger partial charge < -0.3 is 31.3 Å². The van der Waals surface area contributed by atoms with E-state index in [-0.39, 0.29) is 18.3 Å². The number of rotatable bonds is 12. The molecule has 2 heterocycles. The lowest BCUT2D eigenvalue weighted by molar-refractivity contribution is -0.144. The number of carbonyl (C=O) groups excluding carboxylic acids is 5. The first-order valence-corrected chi connectivity index (χ1v) is 18.3. The maximum atomic E-state index is 13.7. The van der Waals surface area contributed by atoms with Gasteiger partial charge in [0.25, 0.3) is 11.8 Å². The molecule has 4 atom stereocenters. The van der Waals surface area contributed by atoms with Crippen LogP contribution in [-0.2, 0) is 19.2 Å². The lowest BCUT2D eigenvalue weighted by atomic mass is 9.85. The summed E-state index contributed by atoms with van der Waals surface area (Å²) < 4.78 is 0. The summed E-state index contributed by atoms with van der Waals surface area (Å²) in [6.07, 6.45) is 16.7. The standard InChI is InChI=1S/C27H41N7O6.C6H12.C3H8/c1-5-7-17(21(36)25(39)31-16-9-10-16)32-24(38)19-8-6-13-34(19)26(40)22(27(2,3)4)33-20(35)15-30-23(37)18-14-28-11-12-29-18;1-2-4-6-5-3-1;1-3-2/h11-12,14,16-17,19,21-22,36H,5-10,13,15H2,1-4H3,(H,30,37)(H,31,39)(H,32,38)(H,33,35);1-6H2;3H2,1-2H3. The zero-order chi connectivity index (χ0) is 36.4. The molecular formula is C36H61N7O6. The van der Waals surface area contributed by atoms with E-state index in [0.717, 1.165) is 12.8 Å². The Morgan fingerprint density at radius 3 is 2.04 bits per heavy atom. The van der Waals surface area contributed by atoms with E-state index in [4.69, 9.17) is 0 Å². The van der Waals surface area contributed by atoms with Crippen molar-refractivity contribution < 1.29 is 29.1 Å². The summed E-state index contributed by atoms with van der Waals surface area (Å²) in [4.78, 5) is 73.5. The average Bonchev–Trinajstić information content (AvgIpc) is 3.76. The number of aliphatic hydroxyl groups is 1. The van der Waals surface area contributed by atoms with Crippen LogP contribution in [-0.4, -0.2) is 92.9 Å². The number of hydrogen-bond donors (Lipinski definition) is 5. The second kappa shape index (κ2) is 21.5. The van der Waals surface area contributed by atoms with E-state index in [2.05, 4.69) is 45.1 Å². The van der Waals surface area contributed by atoms with Crippen molar-refractivity contribution in [2.75, 3.05) is 13.1 Å². The van der Waals surface area contributed by atoms with E-state index in [1.807, 2.05) is 6.92 Å². The smallest absolute Gasteiger partial charge is 0.271 e. The van der Waals surface area contributed by atoms with Gasteiger partial charge in [-0.05, 0) is 37.5 Å². The first-order chi connectivity index (χ1) is 23.3. The molecule has 0 spiro atoms. The maximum Gasteiger partial charge on any atom is 0.271 e. The molecule has 1 saturated heterocycles. The lowest BCUT2D eigenvalue weighted by Crippen LogP contribution is -2.60. The highest BCUT2D eigenvalue weighted by atomic mass is 16.3. The molecule has 2 aliphatic carbocycles. The quantitative estimate of drug-likeness (QED) is 0.222. The summed E-state index contributed by atoms with van der Waals surface area (Å²) >= 11 is 0. The highest BCUT2D eigenvalue weighted by Gasteiger charge is 2.43. The first kappa shape index (κ1) is 41.6. The lowest BCUT2D eigenvalue weighted by Gasteiger charge is -2.36. The second-order valence-corrected chi connectivity index (χ2v) is 14.3. The summed E-state index contributed by atoms with van der Waals surface area (Å²) in [6.45, 7) is 11.5. The van der Waals surface area contributed by atoms with Crippen LogP contribution in [0.4, 0.5) is 0 Å². The molecule has 1 aromatic heterocycles. The van der Waals surface area contributed by atoms with Gasteiger partial charge in [-0.3, -0.25) is 29.0 Å². The Morgan fingerprint density at radius 2 is 1.53 bits per heavy atom. The molecule has 49 heavy (non-hydrogen) atoms. The van der Waals surface area contributed by atoms with Crippen LogP contribution in [0.25, 0.3) is 0 Å². The fourth-order valence-electron chi connectivity index (χ4n) is 5.65. The number of likely N-dealkylation sites (tertiary alicyclic amines) is 1. The molecule has 2 saturated carbocycles. The van der Waals surface area contributed by atoms with Crippen LogP contribution in [0.5, 0.6) is 0 Å². The molecule has 5 N–H and O–H groups in total. The topological polar surface area (TPSA) is 183 Å². The molecule has 0 bridgehead atoms. The Balaban J connectivity index is 0.000000808. The molecule has 4 rings (SSSR count). The molecule has 13 nitrogen and oxygen atoms in total. The van der Waals surface area contributed by atoms with Gasteiger partial charge in [0.05, 0.1) is 18.8 Å². The number of nitrogens with zero attached hydrogens (tertiary/aromatic N) is 3. The van der Waals surface area contributed by atoms with Gasteiger partial charge in [-0.2, -0.15) is 0 Å². The van der Waals surface area contributed by atoms with Crippen molar-refractivity contribution in [3.63, 3.8) is 0 Å². The Morgan fingerprint density at radius 1 is 0.918 bits per heavy atom. The van der Waals surface area contributed by atoms with Crippen LogP contribution < -0.4 is 21.3 Å². The normalized spacial score (nSPS) is 19.0. The van der Waals surface area contributed by atoms with Gasteiger partial charge in [0, 0.05) is 25.0 Å².